The SMILES string of the molecule is CCC[C@@H](Nc1cc(-c2c(N)nn3cccnc23)ncn1)c1ccc(F)cc1.[HH].[HH].[HH]. The van der Waals surface area contributed by atoms with Gasteiger partial charge in [0.25, 0.3) is 0 Å². The summed E-state index contributed by atoms with van der Waals surface area (Å²) in [5.41, 5.74) is 9.04. The molecule has 0 saturated heterocycles. The van der Waals surface area contributed by atoms with Crippen molar-refractivity contribution in [1.29, 1.82) is 0 Å². The minimum Gasteiger partial charge on any atom is -0.382 e. The van der Waals surface area contributed by atoms with Crippen molar-refractivity contribution in [2.45, 2.75) is 25.8 Å². The molecule has 3 aromatic heterocycles. The molecule has 28 heavy (non-hydrogen) atoms. The second-order valence-electron chi connectivity index (χ2n) is 6.47. The maximum absolute atomic E-state index is 13.3. The number of nitrogen functional groups attached to an aromatic ring is 1. The van der Waals surface area contributed by atoms with Gasteiger partial charge in [-0.2, -0.15) is 0 Å². The standard InChI is InChI=1S/C20H20FN7.3H2/c1-2-4-15(13-5-7-14(21)8-6-13)26-17-11-16(24-12-25-17)18-19(22)27-28-10-3-9-23-20(18)28;;;/h3,5-12,15H,2,4H2,1H3,(H2,22,27)(H,24,25,26);3*1H/t15-;;;/m1.../s1. The van der Waals surface area contributed by atoms with E-state index in [1.54, 1.807) is 35.1 Å². The van der Waals surface area contributed by atoms with E-state index in [1.807, 2.05) is 6.07 Å². The molecule has 0 aliphatic carbocycles. The van der Waals surface area contributed by atoms with Crippen LogP contribution in [0.15, 0.2) is 55.1 Å². The largest absolute Gasteiger partial charge is 0.382 e. The summed E-state index contributed by atoms with van der Waals surface area (Å²) in [6.07, 6.45) is 6.81. The number of benzene rings is 1. The molecule has 0 amide bonds. The van der Waals surface area contributed by atoms with E-state index in [2.05, 4.69) is 32.3 Å². The third kappa shape index (κ3) is 3.48. The molecule has 1 atom stereocenters. The zero-order valence-electron chi connectivity index (χ0n) is 15.4. The van der Waals surface area contributed by atoms with E-state index >= 15 is 0 Å². The summed E-state index contributed by atoms with van der Waals surface area (Å²) >= 11 is 0. The zero-order chi connectivity index (χ0) is 19.5. The topological polar surface area (TPSA) is 94.0 Å². The molecule has 4 aromatic rings. The molecule has 0 saturated carbocycles. The predicted octanol–water partition coefficient (Wildman–Crippen LogP) is 4.60. The van der Waals surface area contributed by atoms with E-state index in [9.17, 15) is 4.39 Å². The summed E-state index contributed by atoms with van der Waals surface area (Å²) in [7, 11) is 0. The van der Waals surface area contributed by atoms with Gasteiger partial charge in [-0.1, -0.05) is 25.5 Å². The number of nitrogens with two attached hydrogens (primary N) is 1. The lowest BCUT2D eigenvalue weighted by molar-refractivity contribution is 0.623. The molecule has 0 radical (unpaired) electrons. The van der Waals surface area contributed by atoms with Crippen LogP contribution in [-0.2, 0) is 0 Å². The molecule has 3 N–H and O–H groups in total. The maximum Gasteiger partial charge on any atom is 0.166 e. The Kier molecular flexibility index (Phi) is 4.84. The molecule has 3 heterocycles. The Labute approximate surface area is 165 Å². The monoisotopic (exact) mass is 383 g/mol. The molecule has 0 fully saturated rings. The highest BCUT2D eigenvalue weighted by atomic mass is 19.1. The number of aromatic nitrogens is 5. The van der Waals surface area contributed by atoms with Crippen LogP contribution >= 0.6 is 0 Å². The van der Waals surface area contributed by atoms with Gasteiger partial charge in [0.15, 0.2) is 11.5 Å². The fourth-order valence-electron chi connectivity index (χ4n) is 3.21. The fraction of sp³-hybridized carbons (Fsp3) is 0.200. The quantitative estimate of drug-likeness (QED) is 0.505. The average molecular weight is 383 g/mol. The highest BCUT2D eigenvalue weighted by Gasteiger charge is 2.17. The van der Waals surface area contributed by atoms with Gasteiger partial charge in [-0.05, 0) is 30.2 Å². The van der Waals surface area contributed by atoms with Gasteiger partial charge in [0, 0.05) is 22.7 Å². The summed E-state index contributed by atoms with van der Waals surface area (Å²) < 4.78 is 14.9. The van der Waals surface area contributed by atoms with Crippen LogP contribution in [0.3, 0.4) is 0 Å². The van der Waals surface area contributed by atoms with Crippen molar-refractivity contribution < 1.29 is 8.67 Å². The third-order valence-electron chi connectivity index (χ3n) is 4.52. The Bertz CT molecular complexity index is 1110. The maximum atomic E-state index is 13.3. The molecule has 4 rings (SSSR count). The van der Waals surface area contributed by atoms with E-state index in [0.29, 0.717) is 28.5 Å². The van der Waals surface area contributed by atoms with Crippen LogP contribution in [0.2, 0.25) is 0 Å². The Morgan fingerprint density at radius 1 is 1.21 bits per heavy atom. The highest BCUT2D eigenvalue weighted by molar-refractivity contribution is 5.84. The van der Waals surface area contributed by atoms with E-state index in [4.69, 9.17) is 5.73 Å². The van der Waals surface area contributed by atoms with Crippen molar-refractivity contribution in [3.05, 3.63) is 66.5 Å². The number of nitrogens with zero attached hydrogens (tertiary/aromatic N) is 5. The predicted molar refractivity (Wildman–Crippen MR) is 112 cm³/mol. The van der Waals surface area contributed by atoms with Crippen LogP contribution in [0, 0.1) is 5.82 Å². The zero-order valence-corrected chi connectivity index (χ0v) is 15.4. The van der Waals surface area contributed by atoms with Crippen molar-refractivity contribution >= 4 is 17.3 Å². The summed E-state index contributed by atoms with van der Waals surface area (Å²) in [6.45, 7) is 2.11. The first-order chi connectivity index (χ1) is 13.7. The molecular formula is C20H26FN7. The number of hydrogen-bond acceptors (Lipinski definition) is 6. The molecule has 0 unspecified atom stereocenters. The van der Waals surface area contributed by atoms with E-state index in [1.165, 1.54) is 18.5 Å². The van der Waals surface area contributed by atoms with Crippen molar-refractivity contribution in [2.24, 2.45) is 0 Å². The van der Waals surface area contributed by atoms with Crippen LogP contribution in [0.4, 0.5) is 16.0 Å². The molecule has 1 aromatic carbocycles. The minimum absolute atomic E-state index is 0. The summed E-state index contributed by atoms with van der Waals surface area (Å²) in [4.78, 5) is 13.1. The van der Waals surface area contributed by atoms with Crippen molar-refractivity contribution in [3.63, 3.8) is 0 Å². The van der Waals surface area contributed by atoms with Crippen LogP contribution in [0.25, 0.3) is 16.9 Å². The first-order valence-electron chi connectivity index (χ1n) is 9.09. The van der Waals surface area contributed by atoms with Gasteiger partial charge in [0.05, 0.1) is 17.3 Å². The number of hydrogen-bond donors (Lipinski definition) is 2. The number of nitrogens with one attached hydrogen (secondary N) is 1. The number of anilines is 2. The van der Waals surface area contributed by atoms with Gasteiger partial charge < -0.3 is 11.1 Å². The molecule has 148 valence electrons. The van der Waals surface area contributed by atoms with Crippen molar-refractivity contribution in [2.75, 3.05) is 11.1 Å². The lowest BCUT2D eigenvalue weighted by atomic mass is 10.0. The minimum atomic E-state index is -0.251. The van der Waals surface area contributed by atoms with Crippen LogP contribution in [0.1, 0.15) is 35.7 Å². The van der Waals surface area contributed by atoms with E-state index in [0.717, 1.165) is 18.4 Å². The Hall–Kier alpha value is -3.55. The number of rotatable bonds is 6. The van der Waals surface area contributed by atoms with Gasteiger partial charge in [-0.25, -0.2) is 23.9 Å². The summed E-state index contributed by atoms with van der Waals surface area (Å²) in [6, 6.07) is 10.1. The lowest BCUT2D eigenvalue weighted by Gasteiger charge is -2.19. The Balaban J connectivity index is 0.00000160. The second-order valence-corrected chi connectivity index (χ2v) is 6.47. The number of fused-ring (bicyclic) bond motifs is 1. The van der Waals surface area contributed by atoms with Gasteiger partial charge in [-0.15, -0.1) is 5.10 Å². The Morgan fingerprint density at radius 3 is 2.82 bits per heavy atom. The first-order valence-corrected chi connectivity index (χ1v) is 9.09. The number of halogens is 1. The molecule has 0 aliphatic heterocycles. The molecule has 0 aliphatic rings. The fourth-order valence-corrected chi connectivity index (χ4v) is 3.21. The first kappa shape index (κ1) is 17.8. The van der Waals surface area contributed by atoms with Crippen molar-refractivity contribution in [1.82, 2.24) is 24.6 Å². The summed E-state index contributed by atoms with van der Waals surface area (Å²) in [5.74, 6) is 0.758. The average Bonchev–Trinajstić information content (AvgIpc) is 3.04. The van der Waals surface area contributed by atoms with Crippen LogP contribution < -0.4 is 11.1 Å². The van der Waals surface area contributed by atoms with Crippen LogP contribution in [0.5, 0.6) is 0 Å². The molecule has 8 heteroatoms. The van der Waals surface area contributed by atoms with Gasteiger partial charge in [0.2, 0.25) is 0 Å². The van der Waals surface area contributed by atoms with Gasteiger partial charge in [-0.3, -0.25) is 0 Å². The van der Waals surface area contributed by atoms with Crippen molar-refractivity contribution in [3.8, 4) is 11.3 Å². The van der Waals surface area contributed by atoms with Crippen LogP contribution in [-0.4, -0.2) is 24.6 Å². The lowest BCUT2D eigenvalue weighted by Crippen LogP contribution is -2.12. The normalized spacial score (nSPS) is 12.2. The molecule has 0 spiro atoms. The molecular weight excluding hydrogens is 357 g/mol. The van der Waals surface area contributed by atoms with Gasteiger partial charge >= 0.3 is 0 Å². The van der Waals surface area contributed by atoms with Gasteiger partial charge in [0.1, 0.15) is 18.0 Å². The second kappa shape index (κ2) is 7.59. The highest BCUT2D eigenvalue weighted by Crippen LogP contribution is 2.30. The van der Waals surface area contributed by atoms with E-state index < -0.39 is 0 Å². The molecule has 7 nitrogen and oxygen atoms in total. The smallest absolute Gasteiger partial charge is 0.166 e. The van der Waals surface area contributed by atoms with E-state index in [-0.39, 0.29) is 16.1 Å². The molecule has 0 bridgehead atoms. The Morgan fingerprint density at radius 2 is 2.04 bits per heavy atom. The summed E-state index contributed by atoms with van der Waals surface area (Å²) in [5, 5.41) is 7.70. The third-order valence-corrected chi connectivity index (χ3v) is 4.52.